The third kappa shape index (κ3) is 3.71. The number of rotatable bonds is 6. The van der Waals surface area contributed by atoms with Crippen LogP contribution in [-0.4, -0.2) is 30.6 Å². The minimum absolute atomic E-state index is 0.0897. The Morgan fingerprint density at radius 2 is 1.91 bits per heavy atom. The molecule has 1 saturated heterocycles. The van der Waals surface area contributed by atoms with Crippen LogP contribution in [0.1, 0.15) is 30.4 Å². The second-order valence-corrected chi connectivity index (χ2v) is 5.42. The van der Waals surface area contributed by atoms with Crippen LogP contribution in [0, 0.1) is 0 Å². The van der Waals surface area contributed by atoms with E-state index in [0.717, 1.165) is 24.6 Å². The van der Waals surface area contributed by atoms with E-state index in [1.165, 1.54) is 12.8 Å². The fourth-order valence-corrected chi connectivity index (χ4v) is 2.78. The Bertz CT molecular complexity index is 559. The summed E-state index contributed by atoms with van der Waals surface area (Å²) in [4.78, 5) is 14.3. The van der Waals surface area contributed by atoms with E-state index >= 15 is 0 Å². The molecule has 3 heterocycles. The molecule has 1 unspecified atom stereocenters. The maximum atomic E-state index is 11.9. The van der Waals surface area contributed by atoms with E-state index in [2.05, 4.69) is 15.5 Å². The maximum absolute atomic E-state index is 11.9. The number of nitrogens with zero attached hydrogens (tertiary/aromatic N) is 1. The maximum Gasteiger partial charge on any atom is 0.315 e. The monoisotopic (exact) mass is 303 g/mol. The Morgan fingerprint density at radius 3 is 2.59 bits per heavy atom. The van der Waals surface area contributed by atoms with Gasteiger partial charge in [0, 0.05) is 6.54 Å². The summed E-state index contributed by atoms with van der Waals surface area (Å²) < 4.78 is 10.7. The lowest BCUT2D eigenvalue weighted by atomic mass is 10.2. The van der Waals surface area contributed by atoms with Gasteiger partial charge in [-0.2, -0.15) is 0 Å². The minimum Gasteiger partial charge on any atom is -0.468 e. The summed E-state index contributed by atoms with van der Waals surface area (Å²) in [7, 11) is 0. The number of urea groups is 1. The van der Waals surface area contributed by atoms with Crippen molar-refractivity contribution in [3.63, 3.8) is 0 Å². The van der Waals surface area contributed by atoms with Gasteiger partial charge in [0.15, 0.2) is 0 Å². The van der Waals surface area contributed by atoms with E-state index in [0.29, 0.717) is 13.1 Å². The van der Waals surface area contributed by atoms with Crippen molar-refractivity contribution in [2.24, 2.45) is 0 Å². The smallest absolute Gasteiger partial charge is 0.315 e. The van der Waals surface area contributed by atoms with Gasteiger partial charge in [-0.3, -0.25) is 4.90 Å². The lowest BCUT2D eigenvalue weighted by Gasteiger charge is -2.25. The van der Waals surface area contributed by atoms with Gasteiger partial charge in [0.2, 0.25) is 0 Å². The molecular weight excluding hydrogens is 282 g/mol. The summed E-state index contributed by atoms with van der Waals surface area (Å²) in [5, 5.41) is 5.70. The summed E-state index contributed by atoms with van der Waals surface area (Å²) in [5.41, 5.74) is 0. The first kappa shape index (κ1) is 14.7. The van der Waals surface area contributed by atoms with Gasteiger partial charge in [0.25, 0.3) is 0 Å². The van der Waals surface area contributed by atoms with Crippen molar-refractivity contribution in [1.29, 1.82) is 0 Å². The van der Waals surface area contributed by atoms with Crippen LogP contribution < -0.4 is 10.6 Å². The van der Waals surface area contributed by atoms with E-state index in [4.69, 9.17) is 8.83 Å². The molecule has 0 saturated carbocycles. The second kappa shape index (κ2) is 7.17. The molecule has 0 bridgehead atoms. The Morgan fingerprint density at radius 1 is 1.14 bits per heavy atom. The molecule has 2 aromatic heterocycles. The van der Waals surface area contributed by atoms with Crippen molar-refractivity contribution in [2.75, 3.05) is 19.6 Å². The van der Waals surface area contributed by atoms with Crippen molar-refractivity contribution < 1.29 is 13.6 Å². The molecular formula is C16H21N3O3. The molecule has 1 fully saturated rings. The highest BCUT2D eigenvalue weighted by molar-refractivity contribution is 5.73. The summed E-state index contributed by atoms with van der Waals surface area (Å²) in [6.45, 7) is 2.99. The SMILES string of the molecule is O=C(NCc1ccco1)NCC(c1ccco1)N1CCCC1. The number of carbonyl (C=O) groups is 1. The topological polar surface area (TPSA) is 70.6 Å². The van der Waals surface area contributed by atoms with Gasteiger partial charge in [-0.15, -0.1) is 0 Å². The van der Waals surface area contributed by atoms with Crippen LogP contribution in [0.4, 0.5) is 4.79 Å². The zero-order chi connectivity index (χ0) is 15.2. The van der Waals surface area contributed by atoms with Gasteiger partial charge in [0.05, 0.1) is 25.1 Å². The van der Waals surface area contributed by atoms with Crippen LogP contribution in [0.15, 0.2) is 45.6 Å². The van der Waals surface area contributed by atoms with Crippen LogP contribution in [0.25, 0.3) is 0 Å². The van der Waals surface area contributed by atoms with Crippen LogP contribution in [0.2, 0.25) is 0 Å². The van der Waals surface area contributed by atoms with Crippen LogP contribution in [0.5, 0.6) is 0 Å². The Labute approximate surface area is 129 Å². The number of nitrogens with one attached hydrogen (secondary N) is 2. The van der Waals surface area contributed by atoms with Crippen molar-refractivity contribution in [3.05, 3.63) is 48.3 Å². The zero-order valence-electron chi connectivity index (χ0n) is 12.5. The minimum atomic E-state index is -0.202. The van der Waals surface area contributed by atoms with E-state index in [-0.39, 0.29) is 12.1 Å². The second-order valence-electron chi connectivity index (χ2n) is 5.42. The molecule has 0 spiro atoms. The predicted molar refractivity (Wildman–Crippen MR) is 81.2 cm³/mol. The van der Waals surface area contributed by atoms with Crippen molar-refractivity contribution in [1.82, 2.24) is 15.5 Å². The fraction of sp³-hybridized carbons (Fsp3) is 0.438. The Hall–Kier alpha value is -2.21. The third-order valence-electron chi connectivity index (χ3n) is 3.91. The number of likely N-dealkylation sites (tertiary alicyclic amines) is 1. The lowest BCUT2D eigenvalue weighted by Crippen LogP contribution is -2.41. The average molecular weight is 303 g/mol. The van der Waals surface area contributed by atoms with E-state index in [1.807, 2.05) is 18.2 Å². The van der Waals surface area contributed by atoms with E-state index in [9.17, 15) is 4.79 Å². The standard InChI is InChI=1S/C16H21N3O3/c20-16(17-11-13-5-3-9-21-13)18-12-14(15-6-4-10-22-15)19-7-1-2-8-19/h3-6,9-10,14H,1-2,7-8,11-12H2,(H2,17,18,20). The zero-order valence-corrected chi connectivity index (χ0v) is 12.5. The molecule has 0 radical (unpaired) electrons. The Balaban J connectivity index is 1.51. The van der Waals surface area contributed by atoms with Gasteiger partial charge in [-0.05, 0) is 50.2 Å². The number of amides is 2. The molecule has 0 aliphatic carbocycles. The molecule has 1 aliphatic rings. The molecule has 2 aromatic rings. The van der Waals surface area contributed by atoms with Gasteiger partial charge in [-0.25, -0.2) is 4.79 Å². The molecule has 2 amide bonds. The summed E-state index contributed by atoms with van der Waals surface area (Å²) in [6, 6.07) is 7.37. The predicted octanol–water partition coefficient (Wildman–Crippen LogP) is 2.51. The molecule has 3 rings (SSSR count). The Kier molecular flexibility index (Phi) is 4.80. The normalized spacial score (nSPS) is 16.5. The number of hydrogen-bond acceptors (Lipinski definition) is 4. The highest BCUT2D eigenvalue weighted by Gasteiger charge is 2.25. The molecule has 2 N–H and O–H groups in total. The van der Waals surface area contributed by atoms with Gasteiger partial charge in [-0.1, -0.05) is 0 Å². The first-order valence-corrected chi connectivity index (χ1v) is 7.64. The molecule has 6 heteroatoms. The molecule has 1 atom stereocenters. The highest BCUT2D eigenvalue weighted by atomic mass is 16.3. The third-order valence-corrected chi connectivity index (χ3v) is 3.91. The summed E-state index contributed by atoms with van der Waals surface area (Å²) in [6.07, 6.45) is 5.66. The van der Waals surface area contributed by atoms with E-state index < -0.39 is 0 Å². The van der Waals surface area contributed by atoms with Crippen molar-refractivity contribution >= 4 is 6.03 Å². The molecule has 0 aromatic carbocycles. The first-order valence-electron chi connectivity index (χ1n) is 7.64. The van der Waals surface area contributed by atoms with Gasteiger partial charge < -0.3 is 19.5 Å². The number of carbonyl (C=O) groups excluding carboxylic acids is 1. The van der Waals surface area contributed by atoms with Crippen molar-refractivity contribution in [3.8, 4) is 0 Å². The van der Waals surface area contributed by atoms with Crippen LogP contribution >= 0.6 is 0 Å². The van der Waals surface area contributed by atoms with Crippen molar-refractivity contribution in [2.45, 2.75) is 25.4 Å². The quantitative estimate of drug-likeness (QED) is 0.860. The largest absolute Gasteiger partial charge is 0.468 e. The fourth-order valence-electron chi connectivity index (χ4n) is 2.78. The highest BCUT2D eigenvalue weighted by Crippen LogP contribution is 2.24. The number of hydrogen-bond donors (Lipinski definition) is 2. The van der Waals surface area contributed by atoms with Crippen LogP contribution in [-0.2, 0) is 6.54 Å². The molecule has 22 heavy (non-hydrogen) atoms. The number of furan rings is 2. The van der Waals surface area contributed by atoms with E-state index in [1.54, 1.807) is 18.6 Å². The molecule has 1 aliphatic heterocycles. The van der Waals surface area contributed by atoms with Gasteiger partial charge in [0.1, 0.15) is 11.5 Å². The average Bonchev–Trinajstić information content (AvgIpc) is 3.27. The van der Waals surface area contributed by atoms with Gasteiger partial charge >= 0.3 is 6.03 Å². The van der Waals surface area contributed by atoms with Crippen LogP contribution in [0.3, 0.4) is 0 Å². The summed E-state index contributed by atoms with van der Waals surface area (Å²) >= 11 is 0. The summed E-state index contributed by atoms with van der Waals surface area (Å²) in [5.74, 6) is 1.63. The lowest BCUT2D eigenvalue weighted by molar-refractivity contribution is 0.203. The molecule has 6 nitrogen and oxygen atoms in total. The molecule has 118 valence electrons. The first-order chi connectivity index (χ1) is 10.8.